The van der Waals surface area contributed by atoms with Crippen molar-refractivity contribution in [2.24, 2.45) is 0 Å². The van der Waals surface area contributed by atoms with Gasteiger partial charge in [-0.3, -0.25) is 4.79 Å². The standard InChI is InChI=1S/C19H15FO5/c1-11-7-14(24-10-17(21)23-2)9-15-18(11)19(22)16(25-15)8-12-3-5-13(20)6-4-12/h3-9H,10H2,1-2H3/b16-8-. The molecule has 0 spiro atoms. The first-order valence-corrected chi connectivity index (χ1v) is 7.52. The van der Waals surface area contributed by atoms with Gasteiger partial charge in [0.05, 0.1) is 12.7 Å². The molecule has 0 aliphatic carbocycles. The number of ketones is 1. The SMILES string of the molecule is COC(=O)COc1cc(C)c2c(c1)O/C(=C\c1ccc(F)cc1)C2=O. The zero-order chi connectivity index (χ0) is 18.0. The highest BCUT2D eigenvalue weighted by molar-refractivity contribution is 6.15. The number of ether oxygens (including phenoxy) is 3. The van der Waals surface area contributed by atoms with Gasteiger partial charge in [0.25, 0.3) is 0 Å². The topological polar surface area (TPSA) is 61.8 Å². The van der Waals surface area contributed by atoms with Gasteiger partial charge in [0.1, 0.15) is 17.3 Å². The number of aryl methyl sites for hydroxylation is 1. The Morgan fingerprint density at radius 3 is 2.64 bits per heavy atom. The highest BCUT2D eigenvalue weighted by Gasteiger charge is 2.30. The average Bonchev–Trinajstić information content (AvgIpc) is 2.91. The van der Waals surface area contributed by atoms with Gasteiger partial charge in [0.15, 0.2) is 12.4 Å². The molecule has 0 atom stereocenters. The maximum Gasteiger partial charge on any atom is 0.343 e. The first-order chi connectivity index (χ1) is 12.0. The highest BCUT2D eigenvalue weighted by atomic mass is 19.1. The summed E-state index contributed by atoms with van der Waals surface area (Å²) in [6, 6.07) is 8.93. The molecule has 0 aromatic heterocycles. The van der Waals surface area contributed by atoms with Crippen molar-refractivity contribution in [2.75, 3.05) is 13.7 Å². The lowest BCUT2D eigenvalue weighted by molar-refractivity contribution is -0.142. The van der Waals surface area contributed by atoms with Gasteiger partial charge in [-0.2, -0.15) is 0 Å². The number of rotatable bonds is 4. The number of allylic oxidation sites excluding steroid dienone is 1. The maximum atomic E-state index is 13.0. The molecule has 3 rings (SSSR count). The van der Waals surface area contributed by atoms with Crippen LogP contribution in [0.5, 0.6) is 11.5 Å². The third-order valence-corrected chi connectivity index (χ3v) is 3.70. The van der Waals surface area contributed by atoms with Crippen LogP contribution in [-0.4, -0.2) is 25.5 Å². The van der Waals surface area contributed by atoms with Crippen molar-refractivity contribution < 1.29 is 28.2 Å². The van der Waals surface area contributed by atoms with E-state index < -0.39 is 5.97 Å². The summed E-state index contributed by atoms with van der Waals surface area (Å²) in [6.07, 6.45) is 1.55. The molecule has 0 radical (unpaired) electrons. The lowest BCUT2D eigenvalue weighted by atomic mass is 10.0. The van der Waals surface area contributed by atoms with Gasteiger partial charge in [0, 0.05) is 6.07 Å². The van der Waals surface area contributed by atoms with Crippen molar-refractivity contribution in [3.8, 4) is 11.5 Å². The van der Waals surface area contributed by atoms with Gasteiger partial charge in [-0.25, -0.2) is 9.18 Å². The summed E-state index contributed by atoms with van der Waals surface area (Å²) in [7, 11) is 1.27. The van der Waals surface area contributed by atoms with Crippen LogP contribution in [0.25, 0.3) is 6.08 Å². The van der Waals surface area contributed by atoms with Crippen molar-refractivity contribution in [1.82, 2.24) is 0 Å². The molecule has 0 saturated heterocycles. The third kappa shape index (κ3) is 3.52. The molecule has 25 heavy (non-hydrogen) atoms. The van der Waals surface area contributed by atoms with Crippen LogP contribution >= 0.6 is 0 Å². The highest BCUT2D eigenvalue weighted by Crippen LogP contribution is 2.37. The van der Waals surface area contributed by atoms with E-state index in [1.165, 1.54) is 19.2 Å². The Labute approximate surface area is 143 Å². The number of esters is 1. The number of benzene rings is 2. The summed E-state index contributed by atoms with van der Waals surface area (Å²) in [5.74, 6) is -0.207. The van der Waals surface area contributed by atoms with E-state index >= 15 is 0 Å². The quantitative estimate of drug-likeness (QED) is 0.630. The fourth-order valence-electron chi connectivity index (χ4n) is 2.47. The van der Waals surface area contributed by atoms with Crippen LogP contribution in [0.1, 0.15) is 21.5 Å². The molecular formula is C19H15FO5. The summed E-state index contributed by atoms with van der Waals surface area (Å²) in [4.78, 5) is 23.7. The Morgan fingerprint density at radius 2 is 1.96 bits per heavy atom. The van der Waals surface area contributed by atoms with Gasteiger partial charge >= 0.3 is 5.97 Å². The van der Waals surface area contributed by atoms with Gasteiger partial charge in [0.2, 0.25) is 5.78 Å². The molecule has 1 heterocycles. The Morgan fingerprint density at radius 1 is 1.24 bits per heavy atom. The van der Waals surface area contributed by atoms with Crippen molar-refractivity contribution in [1.29, 1.82) is 0 Å². The maximum absolute atomic E-state index is 13.0. The van der Waals surface area contributed by atoms with Crippen molar-refractivity contribution in [3.63, 3.8) is 0 Å². The van der Waals surface area contributed by atoms with Crippen LogP contribution in [-0.2, 0) is 9.53 Å². The monoisotopic (exact) mass is 342 g/mol. The number of Topliss-reactive ketones (excluding diaryl/α,β-unsaturated/α-hetero) is 1. The number of hydrogen-bond acceptors (Lipinski definition) is 5. The van der Waals surface area contributed by atoms with Gasteiger partial charge in [-0.05, 0) is 42.3 Å². The number of fused-ring (bicyclic) bond motifs is 1. The van der Waals surface area contributed by atoms with Crippen LogP contribution in [0.3, 0.4) is 0 Å². The fraction of sp³-hybridized carbons (Fsp3) is 0.158. The molecule has 0 unspecified atom stereocenters. The number of carbonyl (C=O) groups is 2. The molecule has 128 valence electrons. The molecule has 0 bridgehead atoms. The Bertz CT molecular complexity index is 868. The van der Waals surface area contributed by atoms with Crippen molar-refractivity contribution in [2.45, 2.75) is 6.92 Å². The lowest BCUT2D eigenvalue weighted by Crippen LogP contribution is -2.12. The molecule has 0 fully saturated rings. The summed E-state index contributed by atoms with van der Waals surface area (Å²) >= 11 is 0. The summed E-state index contributed by atoms with van der Waals surface area (Å²) < 4.78 is 28.5. The number of halogens is 1. The molecule has 2 aromatic rings. The Hall–Kier alpha value is -3.15. The van der Waals surface area contributed by atoms with E-state index in [1.54, 1.807) is 37.3 Å². The Balaban J connectivity index is 1.86. The van der Waals surface area contributed by atoms with Crippen LogP contribution in [0.15, 0.2) is 42.2 Å². The molecule has 2 aromatic carbocycles. The first kappa shape index (κ1) is 16.7. The predicted molar refractivity (Wildman–Crippen MR) is 88.0 cm³/mol. The summed E-state index contributed by atoms with van der Waals surface area (Å²) in [5.41, 5.74) is 1.76. The number of carbonyl (C=O) groups excluding carboxylic acids is 2. The third-order valence-electron chi connectivity index (χ3n) is 3.70. The van der Waals surface area contributed by atoms with E-state index in [4.69, 9.17) is 9.47 Å². The van der Waals surface area contributed by atoms with Crippen LogP contribution in [0, 0.1) is 12.7 Å². The van der Waals surface area contributed by atoms with Crippen molar-refractivity contribution in [3.05, 3.63) is 64.7 Å². The first-order valence-electron chi connectivity index (χ1n) is 7.52. The van der Waals surface area contributed by atoms with E-state index in [1.807, 2.05) is 0 Å². The van der Waals surface area contributed by atoms with Gasteiger partial charge in [-0.15, -0.1) is 0 Å². The smallest absolute Gasteiger partial charge is 0.343 e. The summed E-state index contributed by atoms with van der Waals surface area (Å²) in [5, 5.41) is 0. The van der Waals surface area contributed by atoms with E-state index in [-0.39, 0.29) is 24.0 Å². The van der Waals surface area contributed by atoms with E-state index in [9.17, 15) is 14.0 Å². The Kier molecular flexibility index (Phi) is 4.52. The normalized spacial score (nSPS) is 14.2. The minimum Gasteiger partial charge on any atom is -0.482 e. The van der Waals surface area contributed by atoms with E-state index in [2.05, 4.69) is 4.74 Å². The van der Waals surface area contributed by atoms with Gasteiger partial charge < -0.3 is 14.2 Å². The number of hydrogen-bond donors (Lipinski definition) is 0. The van der Waals surface area contributed by atoms with Crippen LogP contribution in [0.2, 0.25) is 0 Å². The van der Waals surface area contributed by atoms with Crippen LogP contribution < -0.4 is 9.47 Å². The second-order valence-corrected chi connectivity index (χ2v) is 5.47. The minimum absolute atomic E-state index is 0.148. The average molecular weight is 342 g/mol. The minimum atomic E-state index is -0.507. The molecule has 0 N–H and O–H groups in total. The van der Waals surface area contributed by atoms with Crippen molar-refractivity contribution >= 4 is 17.8 Å². The summed E-state index contributed by atoms with van der Waals surface area (Å²) in [6.45, 7) is 1.52. The second-order valence-electron chi connectivity index (χ2n) is 5.47. The zero-order valence-electron chi connectivity index (χ0n) is 13.7. The molecule has 6 heteroatoms. The predicted octanol–water partition coefficient (Wildman–Crippen LogP) is 3.30. The largest absolute Gasteiger partial charge is 0.482 e. The van der Waals surface area contributed by atoms with Gasteiger partial charge in [-0.1, -0.05) is 12.1 Å². The molecule has 1 aliphatic heterocycles. The van der Waals surface area contributed by atoms with Crippen LogP contribution in [0.4, 0.5) is 4.39 Å². The molecule has 5 nitrogen and oxygen atoms in total. The van der Waals surface area contributed by atoms with E-state index in [0.29, 0.717) is 28.2 Å². The molecular weight excluding hydrogens is 327 g/mol. The molecule has 0 saturated carbocycles. The fourth-order valence-corrected chi connectivity index (χ4v) is 2.47. The van der Waals surface area contributed by atoms with E-state index in [0.717, 1.165) is 0 Å². The second kappa shape index (κ2) is 6.76. The zero-order valence-corrected chi connectivity index (χ0v) is 13.7. The number of methoxy groups -OCH3 is 1. The molecule has 1 aliphatic rings. The lowest BCUT2D eigenvalue weighted by Gasteiger charge is -2.08. The molecule has 0 amide bonds.